The van der Waals surface area contributed by atoms with Gasteiger partial charge < -0.3 is 4.90 Å². The first kappa shape index (κ1) is 30.0. The molecule has 1 atom stereocenters. The van der Waals surface area contributed by atoms with E-state index in [0.717, 1.165) is 38.1 Å². The molecule has 208 valence electrons. The Bertz CT molecular complexity index is 1440. The van der Waals surface area contributed by atoms with Gasteiger partial charge in [0.1, 0.15) is 5.82 Å². The molecule has 1 aliphatic heterocycles. The summed E-state index contributed by atoms with van der Waals surface area (Å²) in [5.74, 6) is 0.495. The summed E-state index contributed by atoms with van der Waals surface area (Å²) in [4.78, 5) is 27.0. The number of piperidine rings is 1. The summed E-state index contributed by atoms with van der Waals surface area (Å²) in [5, 5.41) is -0.107. The second-order valence-electron chi connectivity index (χ2n) is 9.81. The highest BCUT2D eigenvalue weighted by Gasteiger charge is 2.35. The Morgan fingerprint density at radius 3 is 2.36 bits per heavy atom. The Balaban J connectivity index is 0.00000134. The van der Waals surface area contributed by atoms with Gasteiger partial charge >= 0.3 is 12.3 Å². The van der Waals surface area contributed by atoms with Gasteiger partial charge in [0.15, 0.2) is 5.03 Å². The first-order chi connectivity index (χ1) is 18.4. The van der Waals surface area contributed by atoms with Crippen LogP contribution in [0.25, 0.3) is 11.3 Å². The summed E-state index contributed by atoms with van der Waals surface area (Å²) in [6, 6.07) is 13.7. The van der Waals surface area contributed by atoms with Crippen molar-refractivity contribution in [3.63, 3.8) is 0 Å². The minimum Gasteiger partial charge on any atom is -0.356 e. The van der Waals surface area contributed by atoms with Gasteiger partial charge in [-0.3, -0.25) is 4.98 Å². The van der Waals surface area contributed by atoms with Crippen LogP contribution < -0.4 is 4.90 Å². The van der Waals surface area contributed by atoms with E-state index in [-0.39, 0.29) is 28.5 Å². The van der Waals surface area contributed by atoms with E-state index in [9.17, 15) is 21.6 Å². The van der Waals surface area contributed by atoms with Gasteiger partial charge in [0, 0.05) is 18.7 Å². The SMILES string of the molecule is CC(C)c1ccccc1-c1nc(CS(=O)(=O)c2cccc(N3CCC[C@@H](C)C3)n2)ccc1C(F)(F)F.O=C=O. The highest BCUT2D eigenvalue weighted by Crippen LogP contribution is 2.39. The third-order valence-corrected chi connectivity index (χ3v) is 7.98. The normalized spacial score (nSPS) is 15.9. The van der Waals surface area contributed by atoms with Crippen LogP contribution in [0.1, 0.15) is 56.4 Å². The highest BCUT2D eigenvalue weighted by atomic mass is 32.2. The standard InChI is InChI=1S/C27H30F3N3O2S.CO2/c1-18(2)21-9-4-5-10-22(21)26-23(27(28,29)30)14-13-20(31-26)17-36(34,35)25-12-6-11-24(32-25)33-15-7-8-19(3)16-33;2-1-3/h4-6,9-14,18-19H,7-8,15-17H2,1-3H3;/t19-;/m1./s1. The van der Waals surface area contributed by atoms with Crippen LogP contribution in [0, 0.1) is 5.92 Å². The van der Waals surface area contributed by atoms with Gasteiger partial charge in [-0.25, -0.2) is 13.4 Å². The molecule has 0 spiro atoms. The predicted molar refractivity (Wildman–Crippen MR) is 140 cm³/mol. The number of halogens is 3. The first-order valence-electron chi connectivity index (χ1n) is 12.5. The monoisotopic (exact) mass is 561 g/mol. The lowest BCUT2D eigenvalue weighted by Crippen LogP contribution is -2.35. The number of hydrogen-bond acceptors (Lipinski definition) is 7. The lowest BCUT2D eigenvalue weighted by Gasteiger charge is -2.32. The van der Waals surface area contributed by atoms with Crippen LogP contribution in [-0.2, 0) is 31.4 Å². The van der Waals surface area contributed by atoms with Crippen LogP contribution in [0.3, 0.4) is 0 Å². The number of nitrogens with zero attached hydrogens (tertiary/aromatic N) is 3. The van der Waals surface area contributed by atoms with Crippen molar-refractivity contribution in [1.82, 2.24) is 9.97 Å². The number of alkyl halides is 3. The quantitative estimate of drug-likeness (QED) is 0.369. The second-order valence-corrected chi connectivity index (χ2v) is 11.7. The third kappa shape index (κ3) is 7.52. The second kappa shape index (κ2) is 12.5. The third-order valence-electron chi connectivity index (χ3n) is 6.44. The lowest BCUT2D eigenvalue weighted by atomic mass is 9.93. The van der Waals surface area contributed by atoms with E-state index in [1.165, 1.54) is 6.07 Å². The molecule has 3 heterocycles. The number of aromatic nitrogens is 2. The summed E-state index contributed by atoms with van der Waals surface area (Å²) in [7, 11) is -3.94. The van der Waals surface area contributed by atoms with Crippen LogP contribution in [0.4, 0.5) is 19.0 Å². The number of rotatable bonds is 6. The zero-order valence-electron chi connectivity index (χ0n) is 21.9. The number of hydrogen-bond donors (Lipinski definition) is 0. The molecular weight excluding hydrogens is 531 g/mol. The van der Waals surface area contributed by atoms with Crippen LogP contribution >= 0.6 is 0 Å². The number of carbonyl (C=O) groups excluding carboxylic acids is 2. The largest absolute Gasteiger partial charge is 0.418 e. The Morgan fingerprint density at radius 1 is 1.03 bits per heavy atom. The van der Waals surface area contributed by atoms with E-state index in [4.69, 9.17) is 9.59 Å². The molecule has 0 aliphatic carbocycles. The molecule has 0 amide bonds. The summed E-state index contributed by atoms with van der Waals surface area (Å²) in [6.45, 7) is 7.54. The van der Waals surface area contributed by atoms with E-state index in [0.29, 0.717) is 22.9 Å². The van der Waals surface area contributed by atoms with Gasteiger partial charge in [0.25, 0.3) is 0 Å². The molecule has 4 rings (SSSR count). The molecule has 3 aromatic rings. The van der Waals surface area contributed by atoms with Crippen molar-refractivity contribution in [1.29, 1.82) is 0 Å². The zero-order valence-corrected chi connectivity index (χ0v) is 22.7. The molecular formula is C28H30F3N3O4S. The van der Waals surface area contributed by atoms with Crippen LogP contribution in [-0.4, -0.2) is 37.6 Å². The molecule has 7 nitrogen and oxygen atoms in total. The number of benzene rings is 1. The molecule has 1 saturated heterocycles. The Morgan fingerprint density at radius 2 is 1.72 bits per heavy atom. The average Bonchev–Trinajstić information content (AvgIpc) is 2.88. The maximum atomic E-state index is 13.9. The van der Waals surface area contributed by atoms with E-state index >= 15 is 0 Å². The summed E-state index contributed by atoms with van der Waals surface area (Å²) in [6.07, 6.45) is -2.25. The topological polar surface area (TPSA) is 97.3 Å². The Kier molecular flexibility index (Phi) is 9.63. The summed E-state index contributed by atoms with van der Waals surface area (Å²) in [5.41, 5.74) is -0.0611. The molecule has 2 aromatic heterocycles. The van der Waals surface area contributed by atoms with E-state index in [2.05, 4.69) is 21.8 Å². The fraction of sp³-hybridized carbons (Fsp3) is 0.393. The zero-order chi connectivity index (χ0) is 28.8. The highest BCUT2D eigenvalue weighted by molar-refractivity contribution is 7.90. The van der Waals surface area contributed by atoms with Gasteiger partial charge in [-0.05, 0) is 54.5 Å². The van der Waals surface area contributed by atoms with Gasteiger partial charge in [0.2, 0.25) is 9.84 Å². The van der Waals surface area contributed by atoms with Crippen molar-refractivity contribution >= 4 is 21.8 Å². The minimum atomic E-state index is -4.63. The van der Waals surface area contributed by atoms with Crippen LogP contribution in [0.5, 0.6) is 0 Å². The molecule has 0 saturated carbocycles. The van der Waals surface area contributed by atoms with E-state index in [1.54, 1.807) is 36.4 Å². The molecule has 0 bridgehead atoms. The maximum Gasteiger partial charge on any atom is 0.418 e. The molecule has 1 aliphatic rings. The number of pyridine rings is 2. The smallest absolute Gasteiger partial charge is 0.356 e. The van der Waals surface area contributed by atoms with Crippen molar-refractivity contribution in [2.75, 3.05) is 18.0 Å². The van der Waals surface area contributed by atoms with Crippen molar-refractivity contribution < 1.29 is 31.2 Å². The average molecular weight is 562 g/mol. The van der Waals surface area contributed by atoms with Crippen molar-refractivity contribution in [3.05, 3.63) is 71.4 Å². The maximum absolute atomic E-state index is 13.9. The Labute approximate surface area is 226 Å². The molecule has 11 heteroatoms. The van der Waals surface area contributed by atoms with Crippen LogP contribution in [0.2, 0.25) is 0 Å². The van der Waals surface area contributed by atoms with E-state index in [1.807, 2.05) is 13.8 Å². The predicted octanol–water partition coefficient (Wildman–Crippen LogP) is 5.91. The summed E-state index contributed by atoms with van der Waals surface area (Å²) < 4.78 is 68.2. The van der Waals surface area contributed by atoms with Gasteiger partial charge in [0.05, 0.1) is 22.7 Å². The van der Waals surface area contributed by atoms with E-state index < -0.39 is 27.3 Å². The molecule has 39 heavy (non-hydrogen) atoms. The lowest BCUT2D eigenvalue weighted by molar-refractivity contribution is -0.191. The van der Waals surface area contributed by atoms with Gasteiger partial charge in [-0.1, -0.05) is 51.1 Å². The molecule has 1 aromatic carbocycles. The van der Waals surface area contributed by atoms with Gasteiger partial charge in [-0.2, -0.15) is 22.8 Å². The molecule has 0 radical (unpaired) electrons. The minimum absolute atomic E-state index is 0.0374. The van der Waals surface area contributed by atoms with Crippen LogP contribution in [0.15, 0.2) is 59.6 Å². The fourth-order valence-electron chi connectivity index (χ4n) is 4.65. The number of sulfone groups is 1. The fourth-order valence-corrected chi connectivity index (χ4v) is 5.87. The molecule has 1 fully saturated rings. The molecule has 0 N–H and O–H groups in total. The van der Waals surface area contributed by atoms with Crippen molar-refractivity contribution in [3.8, 4) is 11.3 Å². The first-order valence-corrected chi connectivity index (χ1v) is 14.1. The Hall–Kier alpha value is -3.56. The van der Waals surface area contributed by atoms with Gasteiger partial charge in [-0.15, -0.1) is 0 Å². The van der Waals surface area contributed by atoms with Crippen molar-refractivity contribution in [2.45, 2.75) is 56.5 Å². The number of anilines is 1. The summed E-state index contributed by atoms with van der Waals surface area (Å²) >= 11 is 0. The van der Waals surface area contributed by atoms with Crippen molar-refractivity contribution in [2.24, 2.45) is 5.92 Å². The molecule has 0 unspecified atom stereocenters.